The molecular formula is C18H15BrClN3O2S2. The van der Waals surface area contributed by atoms with Crippen molar-refractivity contribution in [2.75, 3.05) is 11.1 Å². The molecule has 140 valence electrons. The molecule has 0 atom stereocenters. The highest BCUT2D eigenvalue weighted by Crippen LogP contribution is 2.34. The number of H-pyrrole nitrogens is 1. The quantitative estimate of drug-likeness (QED) is 0.403. The molecule has 0 radical (unpaired) electrons. The number of aromatic nitrogens is 2. The Morgan fingerprint density at radius 1 is 1.37 bits per heavy atom. The number of aryl methyl sites for hydroxylation is 2. The number of thioether (sulfide) groups is 1. The van der Waals surface area contributed by atoms with Crippen molar-refractivity contribution in [3.8, 4) is 0 Å². The van der Waals surface area contributed by atoms with E-state index in [4.69, 9.17) is 11.6 Å². The van der Waals surface area contributed by atoms with Crippen molar-refractivity contribution < 1.29 is 4.79 Å². The zero-order valence-electron chi connectivity index (χ0n) is 14.1. The molecule has 2 heterocycles. The van der Waals surface area contributed by atoms with Gasteiger partial charge < -0.3 is 10.3 Å². The first kappa shape index (κ1) is 19.0. The normalized spacial score (nSPS) is 13.6. The van der Waals surface area contributed by atoms with Gasteiger partial charge in [0.05, 0.1) is 16.2 Å². The number of aromatic amines is 1. The molecule has 0 unspecified atom stereocenters. The summed E-state index contributed by atoms with van der Waals surface area (Å²) in [6, 6.07) is 5.22. The fourth-order valence-electron chi connectivity index (χ4n) is 3.12. The van der Waals surface area contributed by atoms with E-state index in [2.05, 4.69) is 31.2 Å². The van der Waals surface area contributed by atoms with Crippen LogP contribution < -0.4 is 10.9 Å². The summed E-state index contributed by atoms with van der Waals surface area (Å²) >= 11 is 12.2. The maximum atomic E-state index is 12.5. The lowest BCUT2D eigenvalue weighted by atomic mass is 9.97. The molecule has 2 N–H and O–H groups in total. The smallest absolute Gasteiger partial charge is 0.260 e. The molecule has 27 heavy (non-hydrogen) atoms. The molecule has 0 saturated heterocycles. The Hall–Kier alpha value is -1.35. The van der Waals surface area contributed by atoms with Crippen molar-refractivity contribution in [2.24, 2.45) is 0 Å². The lowest BCUT2D eigenvalue weighted by Gasteiger charge is -2.09. The van der Waals surface area contributed by atoms with Gasteiger partial charge in [-0.1, -0.05) is 23.4 Å². The van der Waals surface area contributed by atoms with Crippen LogP contribution in [0, 0.1) is 0 Å². The van der Waals surface area contributed by atoms with Gasteiger partial charge in [-0.05, 0) is 65.4 Å². The van der Waals surface area contributed by atoms with Crippen LogP contribution >= 0.6 is 50.6 Å². The van der Waals surface area contributed by atoms with Crippen LogP contribution in [0.4, 0.5) is 5.69 Å². The summed E-state index contributed by atoms with van der Waals surface area (Å²) in [7, 11) is 0. The van der Waals surface area contributed by atoms with E-state index in [9.17, 15) is 9.59 Å². The fraction of sp³-hybridized carbons (Fsp3) is 0.278. The third kappa shape index (κ3) is 4.08. The topological polar surface area (TPSA) is 74.8 Å². The lowest BCUT2D eigenvalue weighted by molar-refractivity contribution is -0.113. The number of benzene rings is 1. The maximum absolute atomic E-state index is 12.5. The summed E-state index contributed by atoms with van der Waals surface area (Å²) < 4.78 is 0.769. The molecule has 1 aliphatic carbocycles. The van der Waals surface area contributed by atoms with E-state index in [-0.39, 0.29) is 17.2 Å². The number of halogens is 2. The van der Waals surface area contributed by atoms with Crippen molar-refractivity contribution in [1.82, 2.24) is 9.97 Å². The SMILES string of the molecule is O=C(CSc1nc2sc3c(c2c(=O)[nH]1)CCCC3)Nc1ccc(Br)c(Cl)c1. The minimum Gasteiger partial charge on any atom is -0.325 e. The van der Waals surface area contributed by atoms with Crippen LogP contribution in [-0.2, 0) is 17.6 Å². The number of thiophene rings is 1. The van der Waals surface area contributed by atoms with E-state index in [0.29, 0.717) is 15.9 Å². The van der Waals surface area contributed by atoms with Crippen molar-refractivity contribution >= 4 is 72.4 Å². The molecule has 0 saturated carbocycles. The minimum atomic E-state index is -0.188. The predicted molar refractivity (Wildman–Crippen MR) is 115 cm³/mol. The van der Waals surface area contributed by atoms with Crippen LogP contribution in [0.25, 0.3) is 10.2 Å². The molecule has 4 rings (SSSR count). The van der Waals surface area contributed by atoms with E-state index < -0.39 is 0 Å². The van der Waals surface area contributed by atoms with E-state index in [1.165, 1.54) is 23.1 Å². The average molecular weight is 485 g/mol. The predicted octanol–water partition coefficient (Wildman–Crippen LogP) is 5.01. The standard InChI is InChI=1S/C18H15BrClN3O2S2/c19-11-6-5-9(7-12(11)20)21-14(24)8-26-18-22-16(25)15-10-3-1-2-4-13(10)27-17(15)23-18/h5-7H,1-4,8H2,(H,21,24)(H,22,23,25). The molecule has 5 nitrogen and oxygen atoms in total. The Balaban J connectivity index is 1.48. The van der Waals surface area contributed by atoms with E-state index >= 15 is 0 Å². The zero-order valence-corrected chi connectivity index (χ0v) is 18.1. The van der Waals surface area contributed by atoms with Crippen LogP contribution in [0.5, 0.6) is 0 Å². The van der Waals surface area contributed by atoms with Gasteiger partial charge in [-0.15, -0.1) is 11.3 Å². The Bertz CT molecular complexity index is 1100. The highest BCUT2D eigenvalue weighted by molar-refractivity contribution is 9.10. The highest BCUT2D eigenvalue weighted by atomic mass is 79.9. The molecule has 0 fully saturated rings. The Morgan fingerprint density at radius 3 is 3.00 bits per heavy atom. The Kier molecular flexibility index (Phi) is 5.59. The van der Waals surface area contributed by atoms with Crippen molar-refractivity contribution in [2.45, 2.75) is 30.8 Å². The first-order chi connectivity index (χ1) is 13.0. The molecule has 3 aromatic rings. The molecule has 1 aliphatic rings. The van der Waals surface area contributed by atoms with Gasteiger partial charge in [0.2, 0.25) is 5.91 Å². The average Bonchev–Trinajstić information content (AvgIpc) is 3.02. The number of hydrogen-bond donors (Lipinski definition) is 2. The third-order valence-electron chi connectivity index (χ3n) is 4.35. The molecular weight excluding hydrogens is 470 g/mol. The highest BCUT2D eigenvalue weighted by Gasteiger charge is 2.20. The summed E-state index contributed by atoms with van der Waals surface area (Å²) in [4.78, 5) is 34.1. The number of hydrogen-bond acceptors (Lipinski definition) is 5. The third-order valence-corrected chi connectivity index (χ3v) is 7.64. The summed E-state index contributed by atoms with van der Waals surface area (Å²) in [5, 5.41) is 4.51. The Morgan fingerprint density at radius 2 is 2.19 bits per heavy atom. The summed E-state index contributed by atoms with van der Waals surface area (Å²) in [5.74, 6) is -0.0423. The first-order valence-electron chi connectivity index (χ1n) is 8.43. The van der Waals surface area contributed by atoms with Crippen molar-refractivity contribution in [3.05, 3.63) is 48.5 Å². The van der Waals surface area contributed by atoms with Gasteiger partial charge in [-0.3, -0.25) is 9.59 Å². The molecule has 9 heteroatoms. The molecule has 1 aromatic carbocycles. The van der Waals surface area contributed by atoms with E-state index in [0.717, 1.165) is 39.5 Å². The zero-order chi connectivity index (χ0) is 19.0. The molecule has 1 amide bonds. The second-order valence-corrected chi connectivity index (χ2v) is 9.54. The molecule has 2 aromatic heterocycles. The van der Waals surface area contributed by atoms with Crippen LogP contribution in [0.3, 0.4) is 0 Å². The number of fused-ring (bicyclic) bond motifs is 3. The van der Waals surface area contributed by atoms with Crippen molar-refractivity contribution in [1.29, 1.82) is 0 Å². The van der Waals surface area contributed by atoms with Crippen LogP contribution in [0.1, 0.15) is 23.3 Å². The van der Waals surface area contributed by atoms with Gasteiger partial charge in [0.25, 0.3) is 5.56 Å². The van der Waals surface area contributed by atoms with Gasteiger partial charge >= 0.3 is 0 Å². The number of carbonyl (C=O) groups is 1. The van der Waals surface area contributed by atoms with Gasteiger partial charge in [-0.25, -0.2) is 4.98 Å². The summed E-state index contributed by atoms with van der Waals surface area (Å²) in [6.07, 6.45) is 4.26. The first-order valence-corrected chi connectivity index (χ1v) is 11.4. The lowest BCUT2D eigenvalue weighted by Crippen LogP contribution is -2.15. The molecule has 0 aliphatic heterocycles. The van der Waals surface area contributed by atoms with E-state index in [1.807, 2.05) is 0 Å². The summed E-state index contributed by atoms with van der Waals surface area (Å²) in [5.41, 5.74) is 1.68. The summed E-state index contributed by atoms with van der Waals surface area (Å²) in [6.45, 7) is 0. The number of rotatable bonds is 4. The number of nitrogens with zero attached hydrogens (tertiary/aromatic N) is 1. The van der Waals surface area contributed by atoms with Gasteiger partial charge in [0.15, 0.2) is 5.16 Å². The van der Waals surface area contributed by atoms with Gasteiger partial charge in [0, 0.05) is 15.0 Å². The maximum Gasteiger partial charge on any atom is 0.260 e. The van der Waals surface area contributed by atoms with Crippen LogP contribution in [0.2, 0.25) is 5.02 Å². The van der Waals surface area contributed by atoms with Gasteiger partial charge in [-0.2, -0.15) is 0 Å². The second-order valence-electron chi connectivity index (χ2n) is 6.23. The van der Waals surface area contributed by atoms with Gasteiger partial charge in [0.1, 0.15) is 4.83 Å². The monoisotopic (exact) mass is 483 g/mol. The Labute approximate surface area is 177 Å². The molecule has 0 spiro atoms. The number of amides is 1. The second kappa shape index (κ2) is 7.95. The van der Waals surface area contributed by atoms with E-state index in [1.54, 1.807) is 29.5 Å². The molecule has 0 bridgehead atoms. The number of nitrogens with one attached hydrogen (secondary N) is 2. The minimum absolute atomic E-state index is 0.109. The van der Waals surface area contributed by atoms with Crippen LogP contribution in [0.15, 0.2) is 32.6 Å². The largest absolute Gasteiger partial charge is 0.325 e. The fourth-order valence-corrected chi connectivity index (χ4v) is 5.53. The number of anilines is 1. The van der Waals surface area contributed by atoms with Crippen LogP contribution in [-0.4, -0.2) is 21.6 Å². The van der Waals surface area contributed by atoms with Crippen molar-refractivity contribution in [3.63, 3.8) is 0 Å². The number of carbonyl (C=O) groups excluding carboxylic acids is 1.